The summed E-state index contributed by atoms with van der Waals surface area (Å²) in [6.45, 7) is 11.2. The summed E-state index contributed by atoms with van der Waals surface area (Å²) in [7, 11) is 2.10. The van der Waals surface area contributed by atoms with Crippen LogP contribution in [0.15, 0.2) is 5.10 Å². The highest BCUT2D eigenvalue weighted by Crippen LogP contribution is 2.27. The highest BCUT2D eigenvalue weighted by atomic mass is 15.6. The standard InChI is InChI=1S/C11H23N3/c1-9(2)14-10(7-11(3,4)5)13(6)8-12-14/h8-10H,7H2,1-6H3. The molecular weight excluding hydrogens is 174 g/mol. The van der Waals surface area contributed by atoms with E-state index in [1.165, 1.54) is 0 Å². The van der Waals surface area contributed by atoms with Crippen LogP contribution in [0.3, 0.4) is 0 Å². The lowest BCUT2D eigenvalue weighted by atomic mass is 9.90. The van der Waals surface area contributed by atoms with E-state index in [0.717, 1.165) is 6.42 Å². The van der Waals surface area contributed by atoms with Crippen LogP contribution in [0.4, 0.5) is 0 Å². The molecular formula is C11H23N3. The first-order valence-corrected chi connectivity index (χ1v) is 5.35. The molecule has 1 rings (SSSR count). The molecule has 0 saturated carbocycles. The Morgan fingerprint density at radius 2 is 1.93 bits per heavy atom. The van der Waals surface area contributed by atoms with Crippen molar-refractivity contribution in [2.24, 2.45) is 10.5 Å². The number of hydrogen-bond donors (Lipinski definition) is 0. The van der Waals surface area contributed by atoms with E-state index in [9.17, 15) is 0 Å². The van der Waals surface area contributed by atoms with Crippen molar-refractivity contribution in [3.63, 3.8) is 0 Å². The fourth-order valence-electron chi connectivity index (χ4n) is 1.74. The Bertz CT molecular complexity index is 215. The molecule has 3 nitrogen and oxygen atoms in total. The van der Waals surface area contributed by atoms with Gasteiger partial charge in [-0.15, -0.1) is 0 Å². The lowest BCUT2D eigenvalue weighted by Gasteiger charge is -2.35. The van der Waals surface area contributed by atoms with Gasteiger partial charge in [-0.25, -0.2) is 0 Å². The van der Waals surface area contributed by atoms with Crippen molar-refractivity contribution in [2.45, 2.75) is 53.2 Å². The van der Waals surface area contributed by atoms with E-state index < -0.39 is 0 Å². The van der Waals surface area contributed by atoms with Crippen LogP contribution in [0.25, 0.3) is 0 Å². The van der Waals surface area contributed by atoms with Crippen LogP contribution in [0.1, 0.15) is 41.0 Å². The Kier molecular flexibility index (Phi) is 3.07. The molecule has 1 aliphatic heterocycles. The maximum Gasteiger partial charge on any atom is 0.119 e. The summed E-state index contributed by atoms with van der Waals surface area (Å²) in [6.07, 6.45) is 3.49. The van der Waals surface area contributed by atoms with Crippen LogP contribution in [0.2, 0.25) is 0 Å². The van der Waals surface area contributed by atoms with E-state index in [4.69, 9.17) is 0 Å². The number of hydrogen-bond acceptors (Lipinski definition) is 3. The normalized spacial score (nSPS) is 22.6. The van der Waals surface area contributed by atoms with E-state index in [0.29, 0.717) is 17.6 Å². The minimum absolute atomic E-state index is 0.347. The summed E-state index contributed by atoms with van der Waals surface area (Å²) < 4.78 is 0. The van der Waals surface area contributed by atoms with Gasteiger partial charge in [0.15, 0.2) is 0 Å². The molecule has 0 N–H and O–H groups in total. The summed E-state index contributed by atoms with van der Waals surface area (Å²) in [6, 6.07) is 0.476. The summed E-state index contributed by atoms with van der Waals surface area (Å²) in [5.74, 6) is 0. The Hall–Kier alpha value is -0.730. The molecule has 0 aliphatic carbocycles. The Morgan fingerprint density at radius 1 is 1.36 bits per heavy atom. The first-order valence-electron chi connectivity index (χ1n) is 5.35. The number of rotatable bonds is 2. The third-order valence-electron chi connectivity index (χ3n) is 2.47. The highest BCUT2D eigenvalue weighted by Gasteiger charge is 2.30. The molecule has 0 saturated heterocycles. The van der Waals surface area contributed by atoms with Gasteiger partial charge in [0.25, 0.3) is 0 Å². The van der Waals surface area contributed by atoms with Gasteiger partial charge in [0, 0.05) is 13.1 Å². The Morgan fingerprint density at radius 3 is 2.36 bits per heavy atom. The van der Waals surface area contributed by atoms with Gasteiger partial charge >= 0.3 is 0 Å². The minimum Gasteiger partial charge on any atom is -0.342 e. The molecule has 1 unspecified atom stereocenters. The third kappa shape index (κ3) is 2.63. The first-order chi connectivity index (χ1) is 6.31. The van der Waals surface area contributed by atoms with Crippen molar-refractivity contribution < 1.29 is 0 Å². The summed E-state index contributed by atoms with van der Waals surface area (Å²) in [5, 5.41) is 6.60. The van der Waals surface area contributed by atoms with Crippen molar-refractivity contribution in [3.05, 3.63) is 0 Å². The average Bonchev–Trinajstić information content (AvgIpc) is 2.29. The molecule has 0 aromatic carbocycles. The molecule has 1 atom stereocenters. The minimum atomic E-state index is 0.347. The van der Waals surface area contributed by atoms with Gasteiger partial charge in [0.05, 0.1) is 0 Å². The van der Waals surface area contributed by atoms with Crippen molar-refractivity contribution >= 4 is 6.34 Å². The summed E-state index contributed by atoms with van der Waals surface area (Å²) in [5.41, 5.74) is 0.347. The summed E-state index contributed by atoms with van der Waals surface area (Å²) >= 11 is 0. The molecule has 14 heavy (non-hydrogen) atoms. The van der Waals surface area contributed by atoms with Gasteiger partial charge in [-0.05, 0) is 25.7 Å². The maximum atomic E-state index is 4.42. The van der Waals surface area contributed by atoms with E-state index in [1.807, 2.05) is 6.34 Å². The van der Waals surface area contributed by atoms with Crippen LogP contribution in [0, 0.1) is 5.41 Å². The molecule has 1 aliphatic rings. The molecule has 0 fully saturated rings. The fourth-order valence-corrected chi connectivity index (χ4v) is 1.74. The van der Waals surface area contributed by atoms with Crippen LogP contribution in [0.5, 0.6) is 0 Å². The average molecular weight is 197 g/mol. The Balaban J connectivity index is 2.66. The molecule has 0 aromatic rings. The number of nitrogens with zero attached hydrogens (tertiary/aromatic N) is 3. The van der Waals surface area contributed by atoms with Crippen molar-refractivity contribution in [1.82, 2.24) is 9.91 Å². The quantitative estimate of drug-likeness (QED) is 0.676. The van der Waals surface area contributed by atoms with E-state index in [1.54, 1.807) is 0 Å². The van der Waals surface area contributed by atoms with Crippen molar-refractivity contribution in [2.75, 3.05) is 7.05 Å². The first kappa shape index (κ1) is 11.3. The molecule has 0 aromatic heterocycles. The van der Waals surface area contributed by atoms with Gasteiger partial charge in [-0.2, -0.15) is 5.10 Å². The van der Waals surface area contributed by atoms with Gasteiger partial charge in [-0.3, -0.25) is 5.01 Å². The zero-order valence-electron chi connectivity index (χ0n) is 10.3. The Labute approximate surface area is 87.8 Å². The second-order valence-corrected chi connectivity index (χ2v) is 5.62. The van der Waals surface area contributed by atoms with Gasteiger partial charge in [-0.1, -0.05) is 20.8 Å². The fraction of sp³-hybridized carbons (Fsp3) is 0.909. The molecule has 82 valence electrons. The predicted molar refractivity (Wildman–Crippen MR) is 61.1 cm³/mol. The number of hydrazone groups is 1. The van der Waals surface area contributed by atoms with Crippen LogP contribution < -0.4 is 0 Å². The molecule has 0 bridgehead atoms. The topological polar surface area (TPSA) is 18.8 Å². The SMILES string of the molecule is CC(C)N1N=CN(C)C1CC(C)(C)C. The van der Waals surface area contributed by atoms with E-state index >= 15 is 0 Å². The zero-order valence-corrected chi connectivity index (χ0v) is 10.3. The van der Waals surface area contributed by atoms with Crippen LogP contribution in [-0.4, -0.2) is 35.5 Å². The molecule has 1 heterocycles. The molecule has 3 heteroatoms. The van der Waals surface area contributed by atoms with E-state index in [2.05, 4.69) is 56.7 Å². The van der Waals surface area contributed by atoms with Crippen molar-refractivity contribution in [1.29, 1.82) is 0 Å². The highest BCUT2D eigenvalue weighted by molar-refractivity contribution is 5.56. The molecule has 0 amide bonds. The van der Waals surface area contributed by atoms with E-state index in [-0.39, 0.29) is 0 Å². The second kappa shape index (κ2) is 3.79. The van der Waals surface area contributed by atoms with Crippen LogP contribution >= 0.6 is 0 Å². The molecule has 0 spiro atoms. The summed E-state index contributed by atoms with van der Waals surface area (Å²) in [4.78, 5) is 2.20. The zero-order chi connectivity index (χ0) is 10.9. The van der Waals surface area contributed by atoms with Crippen molar-refractivity contribution in [3.8, 4) is 0 Å². The van der Waals surface area contributed by atoms with Gasteiger partial charge in [0.1, 0.15) is 12.5 Å². The predicted octanol–water partition coefficient (Wildman–Crippen LogP) is 2.35. The van der Waals surface area contributed by atoms with Gasteiger partial charge in [0.2, 0.25) is 0 Å². The largest absolute Gasteiger partial charge is 0.342 e. The maximum absolute atomic E-state index is 4.42. The van der Waals surface area contributed by atoms with Crippen LogP contribution in [-0.2, 0) is 0 Å². The smallest absolute Gasteiger partial charge is 0.119 e. The van der Waals surface area contributed by atoms with Gasteiger partial charge < -0.3 is 4.90 Å². The second-order valence-electron chi connectivity index (χ2n) is 5.62. The lowest BCUT2D eigenvalue weighted by Crippen LogP contribution is -2.43. The third-order valence-corrected chi connectivity index (χ3v) is 2.47. The lowest BCUT2D eigenvalue weighted by molar-refractivity contribution is 0.0755. The molecule has 0 radical (unpaired) electrons. The monoisotopic (exact) mass is 197 g/mol.